The van der Waals surface area contributed by atoms with Crippen LogP contribution in [0, 0.1) is 0 Å². The molecule has 0 amide bonds. The van der Waals surface area contributed by atoms with Crippen LogP contribution in [0.4, 0.5) is 0 Å². The van der Waals surface area contributed by atoms with Gasteiger partial charge in [0.05, 0.1) is 22.8 Å². The van der Waals surface area contributed by atoms with E-state index < -0.39 is 0 Å². The zero-order valence-electron chi connectivity index (χ0n) is 10.3. The van der Waals surface area contributed by atoms with Crippen LogP contribution in [0.2, 0.25) is 0 Å². The molecule has 4 nitrogen and oxygen atoms in total. The Morgan fingerprint density at radius 1 is 1.16 bits per heavy atom. The van der Waals surface area contributed by atoms with Gasteiger partial charge in [0.25, 0.3) is 0 Å². The topological polar surface area (TPSA) is 50.9 Å². The van der Waals surface area contributed by atoms with Crippen LogP contribution in [0.3, 0.4) is 0 Å². The molecule has 1 N–H and O–H groups in total. The Morgan fingerprint density at radius 2 is 2.00 bits per heavy atom. The molecular formula is C15H13N3O. The quantitative estimate of drug-likeness (QED) is 0.761. The number of hydrogen-bond donors (Lipinski definition) is 1. The molecule has 0 radical (unpaired) electrons. The molecule has 2 heterocycles. The smallest absolute Gasteiger partial charge is 0.145 e. The lowest BCUT2D eigenvalue weighted by Crippen LogP contribution is -1.97. The molecule has 19 heavy (non-hydrogen) atoms. The molecule has 0 unspecified atom stereocenters. The molecule has 0 spiro atoms. The van der Waals surface area contributed by atoms with Gasteiger partial charge in [0, 0.05) is 12.2 Å². The van der Waals surface area contributed by atoms with Crippen LogP contribution in [-0.4, -0.2) is 19.6 Å². The number of rotatable bonds is 2. The summed E-state index contributed by atoms with van der Waals surface area (Å²) in [5.41, 5.74) is 2.86. The van der Waals surface area contributed by atoms with E-state index in [0.29, 0.717) is 6.04 Å². The summed E-state index contributed by atoms with van der Waals surface area (Å²) >= 11 is 0. The van der Waals surface area contributed by atoms with Gasteiger partial charge in [0.15, 0.2) is 0 Å². The highest BCUT2D eigenvalue weighted by Gasteiger charge is 2.29. The maximum atomic E-state index is 10.00. The van der Waals surface area contributed by atoms with Crippen molar-refractivity contribution in [2.24, 2.45) is 0 Å². The van der Waals surface area contributed by atoms with Gasteiger partial charge in [-0.2, -0.15) is 0 Å². The van der Waals surface area contributed by atoms with Crippen LogP contribution in [0.5, 0.6) is 5.75 Å². The number of benzene rings is 1. The number of aromatic hydroxyl groups is 1. The highest BCUT2D eigenvalue weighted by atomic mass is 16.3. The van der Waals surface area contributed by atoms with Gasteiger partial charge >= 0.3 is 0 Å². The predicted molar refractivity (Wildman–Crippen MR) is 72.9 cm³/mol. The summed E-state index contributed by atoms with van der Waals surface area (Å²) < 4.78 is 2.24. The lowest BCUT2D eigenvalue weighted by molar-refractivity contribution is 0.474. The van der Waals surface area contributed by atoms with Crippen molar-refractivity contribution in [3.8, 4) is 17.1 Å². The van der Waals surface area contributed by atoms with E-state index in [1.807, 2.05) is 24.3 Å². The van der Waals surface area contributed by atoms with Gasteiger partial charge in [-0.3, -0.25) is 4.98 Å². The van der Waals surface area contributed by atoms with Crippen molar-refractivity contribution in [2.75, 3.05) is 0 Å². The Morgan fingerprint density at radius 3 is 2.79 bits per heavy atom. The number of para-hydroxylation sites is 2. The van der Waals surface area contributed by atoms with Crippen LogP contribution in [-0.2, 0) is 0 Å². The summed E-state index contributed by atoms with van der Waals surface area (Å²) in [6.07, 6.45) is 5.51. The minimum absolute atomic E-state index is 0.180. The van der Waals surface area contributed by atoms with E-state index >= 15 is 0 Å². The van der Waals surface area contributed by atoms with E-state index in [4.69, 9.17) is 0 Å². The first-order valence-electron chi connectivity index (χ1n) is 6.45. The SMILES string of the molecule is Oc1cnccc1-c1nc2ccccc2n1C1CC1. The Kier molecular flexibility index (Phi) is 2.12. The van der Waals surface area contributed by atoms with Crippen LogP contribution < -0.4 is 0 Å². The van der Waals surface area contributed by atoms with Gasteiger partial charge < -0.3 is 9.67 Å². The fourth-order valence-corrected chi connectivity index (χ4v) is 2.51. The standard InChI is InChI=1S/C15H13N3O/c19-14-9-16-8-7-11(14)15-17-12-3-1-2-4-13(12)18(15)10-5-6-10/h1-4,7-10,19H,5-6H2. The second-order valence-electron chi connectivity index (χ2n) is 4.92. The highest BCUT2D eigenvalue weighted by molar-refractivity contribution is 5.82. The average Bonchev–Trinajstić information content (AvgIpc) is 3.19. The highest BCUT2D eigenvalue weighted by Crippen LogP contribution is 2.42. The molecule has 1 aliphatic rings. The van der Waals surface area contributed by atoms with Crippen molar-refractivity contribution in [3.63, 3.8) is 0 Å². The predicted octanol–water partition coefficient (Wildman–Crippen LogP) is 3.14. The van der Waals surface area contributed by atoms with Crippen molar-refractivity contribution in [1.82, 2.24) is 14.5 Å². The minimum atomic E-state index is 0.180. The molecule has 94 valence electrons. The van der Waals surface area contributed by atoms with Gasteiger partial charge in [-0.1, -0.05) is 12.1 Å². The molecule has 4 rings (SSSR count). The van der Waals surface area contributed by atoms with E-state index in [-0.39, 0.29) is 5.75 Å². The second-order valence-corrected chi connectivity index (χ2v) is 4.92. The zero-order valence-corrected chi connectivity index (χ0v) is 10.3. The number of fused-ring (bicyclic) bond motifs is 1. The molecule has 0 bridgehead atoms. The summed E-state index contributed by atoms with van der Waals surface area (Å²) in [4.78, 5) is 8.61. The van der Waals surface area contributed by atoms with Crippen molar-refractivity contribution in [1.29, 1.82) is 0 Å². The largest absolute Gasteiger partial charge is 0.506 e. The van der Waals surface area contributed by atoms with Gasteiger partial charge in [-0.05, 0) is 31.0 Å². The normalized spacial score (nSPS) is 14.9. The van der Waals surface area contributed by atoms with E-state index in [9.17, 15) is 5.11 Å². The Bertz CT molecular complexity index is 759. The molecule has 3 aromatic rings. The van der Waals surface area contributed by atoms with E-state index in [1.54, 1.807) is 6.20 Å². The van der Waals surface area contributed by atoms with Crippen LogP contribution in [0.15, 0.2) is 42.7 Å². The first-order chi connectivity index (χ1) is 9.34. The number of hydrogen-bond acceptors (Lipinski definition) is 3. The molecular weight excluding hydrogens is 238 g/mol. The Labute approximate surface area is 110 Å². The van der Waals surface area contributed by atoms with Gasteiger partial charge in [0.2, 0.25) is 0 Å². The van der Waals surface area contributed by atoms with Crippen molar-refractivity contribution >= 4 is 11.0 Å². The molecule has 4 heteroatoms. The number of aromatic nitrogens is 3. The van der Waals surface area contributed by atoms with Gasteiger partial charge in [0.1, 0.15) is 11.6 Å². The molecule has 0 aliphatic heterocycles. The number of pyridine rings is 1. The van der Waals surface area contributed by atoms with Crippen molar-refractivity contribution in [3.05, 3.63) is 42.7 Å². The molecule has 1 fully saturated rings. The molecule has 2 aromatic heterocycles. The molecule has 0 saturated heterocycles. The third-order valence-corrected chi connectivity index (χ3v) is 3.55. The van der Waals surface area contributed by atoms with Gasteiger partial charge in [-0.25, -0.2) is 4.98 Å². The van der Waals surface area contributed by atoms with Crippen LogP contribution in [0.1, 0.15) is 18.9 Å². The first-order valence-corrected chi connectivity index (χ1v) is 6.45. The summed E-state index contributed by atoms with van der Waals surface area (Å²) in [6.45, 7) is 0. The van der Waals surface area contributed by atoms with E-state index in [1.165, 1.54) is 19.0 Å². The van der Waals surface area contributed by atoms with E-state index in [2.05, 4.69) is 20.6 Å². The molecule has 0 atom stereocenters. The second kappa shape index (κ2) is 3.82. The fourth-order valence-electron chi connectivity index (χ4n) is 2.51. The molecule has 1 aliphatic carbocycles. The Balaban J connectivity index is 2.04. The summed E-state index contributed by atoms with van der Waals surface area (Å²) in [5, 5.41) is 10.00. The van der Waals surface area contributed by atoms with Gasteiger partial charge in [-0.15, -0.1) is 0 Å². The van der Waals surface area contributed by atoms with Crippen molar-refractivity contribution < 1.29 is 5.11 Å². The summed E-state index contributed by atoms with van der Waals surface area (Å²) in [7, 11) is 0. The number of imidazole rings is 1. The van der Waals surface area contributed by atoms with Crippen LogP contribution in [0.25, 0.3) is 22.4 Å². The average molecular weight is 251 g/mol. The third-order valence-electron chi connectivity index (χ3n) is 3.55. The maximum absolute atomic E-state index is 10.00. The molecule has 1 saturated carbocycles. The summed E-state index contributed by atoms with van der Waals surface area (Å²) in [5.74, 6) is 1.02. The lowest BCUT2D eigenvalue weighted by Gasteiger charge is -2.08. The Hall–Kier alpha value is -2.36. The minimum Gasteiger partial charge on any atom is -0.506 e. The lowest BCUT2D eigenvalue weighted by atomic mass is 10.2. The zero-order chi connectivity index (χ0) is 12.8. The summed E-state index contributed by atoms with van der Waals surface area (Å²) in [6, 6.07) is 10.4. The first kappa shape index (κ1) is 10.6. The van der Waals surface area contributed by atoms with Crippen LogP contribution >= 0.6 is 0 Å². The third kappa shape index (κ3) is 1.60. The van der Waals surface area contributed by atoms with Crippen molar-refractivity contribution in [2.45, 2.75) is 18.9 Å². The number of nitrogens with zero attached hydrogens (tertiary/aromatic N) is 3. The van der Waals surface area contributed by atoms with E-state index in [0.717, 1.165) is 22.4 Å². The fraction of sp³-hybridized carbons (Fsp3) is 0.200. The molecule has 1 aromatic carbocycles. The maximum Gasteiger partial charge on any atom is 0.145 e. The monoisotopic (exact) mass is 251 g/mol.